The van der Waals surface area contributed by atoms with E-state index in [1.54, 1.807) is 0 Å². The van der Waals surface area contributed by atoms with Crippen molar-refractivity contribution in [2.45, 2.75) is 26.4 Å². The highest BCUT2D eigenvalue weighted by Crippen LogP contribution is 2.29. The Hall–Kier alpha value is -0.810. The fourth-order valence-electron chi connectivity index (χ4n) is 1.73. The molecule has 0 saturated carbocycles. The third-order valence-electron chi connectivity index (χ3n) is 2.78. The monoisotopic (exact) mass is 201 g/mol. The van der Waals surface area contributed by atoms with Crippen LogP contribution in [0.1, 0.15) is 20.3 Å². The summed E-state index contributed by atoms with van der Waals surface area (Å²) >= 11 is 0. The first-order valence-corrected chi connectivity index (χ1v) is 4.82. The van der Waals surface area contributed by atoms with E-state index in [1.807, 2.05) is 13.8 Å². The topological polar surface area (TPSA) is 82.1 Å². The van der Waals surface area contributed by atoms with Crippen LogP contribution in [0.5, 0.6) is 0 Å². The molecule has 0 spiro atoms. The summed E-state index contributed by atoms with van der Waals surface area (Å²) in [4.78, 5) is 2.13. The molecule has 1 fully saturated rings. The first kappa shape index (κ1) is 11.3. The fraction of sp³-hybridized carbons (Fsp3) is 0.889. The van der Waals surface area contributed by atoms with Crippen LogP contribution in [0.2, 0.25) is 0 Å². The second-order valence-electron chi connectivity index (χ2n) is 4.58. The van der Waals surface area contributed by atoms with E-state index in [1.165, 1.54) is 0 Å². The van der Waals surface area contributed by atoms with Gasteiger partial charge in [-0.25, -0.2) is 0 Å². The highest BCUT2D eigenvalue weighted by atomic mass is 16.4. The van der Waals surface area contributed by atoms with Crippen LogP contribution >= 0.6 is 0 Å². The number of aliphatic hydroxyl groups is 1. The molecule has 0 aliphatic carbocycles. The number of likely N-dealkylation sites (tertiary alicyclic amines) is 1. The number of nitrogens with two attached hydrogens (primary N) is 1. The predicted octanol–water partition coefficient (Wildman–Crippen LogP) is -0.174. The molecule has 4 N–H and O–H groups in total. The maximum Gasteiger partial charge on any atom is 0.140 e. The van der Waals surface area contributed by atoms with Crippen molar-refractivity contribution in [3.8, 4) is 0 Å². The number of aliphatic hydroxyl groups excluding tert-OH is 1. The minimum absolute atomic E-state index is 0.0505. The summed E-state index contributed by atoms with van der Waals surface area (Å²) in [5, 5.41) is 21.0. The summed E-state index contributed by atoms with van der Waals surface area (Å²) < 4.78 is 0. The van der Waals surface area contributed by atoms with Crippen molar-refractivity contribution in [3.63, 3.8) is 0 Å². The Labute approximate surface area is 84.2 Å². The van der Waals surface area contributed by atoms with Crippen molar-refractivity contribution in [1.82, 2.24) is 4.90 Å². The Morgan fingerprint density at radius 3 is 2.71 bits per heavy atom. The molecular weight excluding hydrogens is 182 g/mol. The Kier molecular flexibility index (Phi) is 3.34. The summed E-state index contributed by atoms with van der Waals surface area (Å²) in [6.45, 7) is 6.34. The highest BCUT2D eigenvalue weighted by molar-refractivity contribution is 5.79. The maximum absolute atomic E-state index is 9.70. The predicted molar refractivity (Wildman–Crippen MR) is 54.3 cm³/mol. The average Bonchev–Trinajstić information content (AvgIpc) is 2.37. The third-order valence-corrected chi connectivity index (χ3v) is 2.78. The van der Waals surface area contributed by atoms with Gasteiger partial charge in [0.2, 0.25) is 0 Å². The zero-order chi connectivity index (χ0) is 10.8. The van der Waals surface area contributed by atoms with E-state index in [4.69, 9.17) is 10.9 Å². The first-order chi connectivity index (χ1) is 6.45. The van der Waals surface area contributed by atoms with Crippen LogP contribution in [-0.2, 0) is 0 Å². The van der Waals surface area contributed by atoms with Gasteiger partial charge >= 0.3 is 0 Å². The Morgan fingerprint density at radius 1 is 1.64 bits per heavy atom. The van der Waals surface area contributed by atoms with Crippen LogP contribution in [-0.4, -0.2) is 46.8 Å². The molecule has 1 atom stereocenters. The van der Waals surface area contributed by atoms with Crippen molar-refractivity contribution < 1.29 is 10.3 Å². The lowest BCUT2D eigenvalue weighted by Gasteiger charge is -2.21. The van der Waals surface area contributed by atoms with Crippen LogP contribution < -0.4 is 5.73 Å². The SMILES string of the molecule is CC1(C)CN(CC/C(N)=N/O)CC1O. The van der Waals surface area contributed by atoms with E-state index in [0.29, 0.717) is 13.0 Å². The number of nitrogens with zero attached hydrogens (tertiary/aromatic N) is 2. The molecule has 0 aromatic carbocycles. The van der Waals surface area contributed by atoms with E-state index in [9.17, 15) is 5.11 Å². The standard InChI is InChI=1S/C9H19N3O2/c1-9(2)6-12(5-7(9)13)4-3-8(10)11-14/h7,13-14H,3-6H2,1-2H3,(H2,10,11). The maximum atomic E-state index is 9.70. The third kappa shape index (κ3) is 2.59. The molecule has 82 valence electrons. The Morgan fingerprint density at radius 2 is 2.29 bits per heavy atom. The summed E-state index contributed by atoms with van der Waals surface area (Å²) in [5.74, 6) is 0.240. The average molecular weight is 201 g/mol. The van der Waals surface area contributed by atoms with Gasteiger partial charge in [0.05, 0.1) is 6.10 Å². The summed E-state index contributed by atoms with van der Waals surface area (Å²) in [7, 11) is 0. The van der Waals surface area contributed by atoms with Gasteiger partial charge in [-0.05, 0) is 0 Å². The van der Waals surface area contributed by atoms with Gasteiger partial charge in [0.1, 0.15) is 5.84 Å². The normalized spacial score (nSPS) is 28.2. The van der Waals surface area contributed by atoms with Crippen molar-refractivity contribution in [3.05, 3.63) is 0 Å². The number of amidine groups is 1. The molecule has 0 aromatic rings. The van der Waals surface area contributed by atoms with Gasteiger partial charge in [-0.3, -0.25) is 4.90 Å². The van der Waals surface area contributed by atoms with E-state index < -0.39 is 0 Å². The number of β-amino-alcohol motifs (C(OH)–C–C–N with tert-alkyl or cyclic N) is 1. The van der Waals surface area contributed by atoms with Gasteiger partial charge in [0.25, 0.3) is 0 Å². The quantitative estimate of drug-likeness (QED) is 0.256. The minimum Gasteiger partial charge on any atom is -0.409 e. The molecule has 5 nitrogen and oxygen atoms in total. The van der Waals surface area contributed by atoms with Crippen molar-refractivity contribution in [2.24, 2.45) is 16.3 Å². The molecule has 1 unspecified atom stereocenters. The van der Waals surface area contributed by atoms with Crippen molar-refractivity contribution in [2.75, 3.05) is 19.6 Å². The Balaban J connectivity index is 2.36. The fourth-order valence-corrected chi connectivity index (χ4v) is 1.73. The van der Waals surface area contributed by atoms with E-state index in [-0.39, 0.29) is 17.4 Å². The van der Waals surface area contributed by atoms with E-state index in [0.717, 1.165) is 13.1 Å². The molecular formula is C9H19N3O2. The zero-order valence-corrected chi connectivity index (χ0v) is 8.77. The van der Waals surface area contributed by atoms with Gasteiger partial charge in [-0.1, -0.05) is 19.0 Å². The van der Waals surface area contributed by atoms with Crippen molar-refractivity contribution >= 4 is 5.84 Å². The minimum atomic E-state index is -0.283. The van der Waals surface area contributed by atoms with Crippen LogP contribution in [0.3, 0.4) is 0 Å². The molecule has 1 saturated heterocycles. The molecule has 0 aromatic heterocycles. The highest BCUT2D eigenvalue weighted by Gasteiger charge is 2.37. The second-order valence-corrected chi connectivity index (χ2v) is 4.58. The zero-order valence-electron chi connectivity index (χ0n) is 8.77. The molecule has 1 rings (SSSR count). The van der Waals surface area contributed by atoms with Gasteiger partial charge in [0.15, 0.2) is 0 Å². The van der Waals surface area contributed by atoms with Crippen molar-refractivity contribution in [1.29, 1.82) is 0 Å². The smallest absolute Gasteiger partial charge is 0.140 e. The number of hydrogen-bond donors (Lipinski definition) is 3. The molecule has 1 heterocycles. The lowest BCUT2D eigenvalue weighted by Crippen LogP contribution is -2.27. The van der Waals surface area contributed by atoms with Crippen LogP contribution in [0.15, 0.2) is 5.16 Å². The van der Waals surface area contributed by atoms with Crippen LogP contribution in [0.25, 0.3) is 0 Å². The lowest BCUT2D eigenvalue weighted by molar-refractivity contribution is 0.0955. The number of hydrogen-bond acceptors (Lipinski definition) is 4. The molecule has 0 radical (unpaired) electrons. The van der Waals surface area contributed by atoms with Gasteiger partial charge < -0.3 is 16.0 Å². The number of oxime groups is 1. The number of rotatable bonds is 3. The Bertz CT molecular complexity index is 228. The van der Waals surface area contributed by atoms with Crippen LogP contribution in [0, 0.1) is 5.41 Å². The van der Waals surface area contributed by atoms with Gasteiger partial charge in [0, 0.05) is 31.5 Å². The van der Waals surface area contributed by atoms with Gasteiger partial charge in [-0.15, -0.1) is 0 Å². The van der Waals surface area contributed by atoms with Gasteiger partial charge in [-0.2, -0.15) is 0 Å². The molecule has 14 heavy (non-hydrogen) atoms. The van der Waals surface area contributed by atoms with Crippen LogP contribution in [0.4, 0.5) is 0 Å². The summed E-state index contributed by atoms with van der Waals surface area (Å²) in [6.07, 6.45) is 0.258. The molecule has 1 aliphatic heterocycles. The largest absolute Gasteiger partial charge is 0.409 e. The first-order valence-electron chi connectivity index (χ1n) is 4.82. The summed E-state index contributed by atoms with van der Waals surface area (Å²) in [5.41, 5.74) is 5.31. The molecule has 0 amide bonds. The lowest BCUT2D eigenvalue weighted by atomic mass is 9.90. The summed E-state index contributed by atoms with van der Waals surface area (Å²) in [6, 6.07) is 0. The molecule has 5 heteroatoms. The molecule has 1 aliphatic rings. The second kappa shape index (κ2) is 4.14. The van der Waals surface area contributed by atoms with E-state index >= 15 is 0 Å². The van der Waals surface area contributed by atoms with E-state index in [2.05, 4.69) is 10.1 Å². The molecule has 0 bridgehead atoms.